The zero-order chi connectivity index (χ0) is 20.3. The Labute approximate surface area is 145 Å². The second-order valence-electron chi connectivity index (χ2n) is 6.57. The number of nitrogens with zero attached hydrogens (tertiary/aromatic N) is 1. The Balaban J connectivity index is 2.53. The first-order valence-corrected chi connectivity index (χ1v) is 7.95. The van der Waals surface area contributed by atoms with Crippen LogP contribution < -0.4 is 4.57 Å². The van der Waals surface area contributed by atoms with Gasteiger partial charge in [0, 0.05) is 7.41 Å². The fourth-order valence-corrected chi connectivity index (χ4v) is 3.07. The molecule has 0 N–H and O–H groups in total. The zero-order valence-electron chi connectivity index (χ0n) is 18.8. The SMILES string of the molecule is [2H]c1cc2c(-c3cc(C)cc(C)c3C)[n+](C)c([2H])c([2H])c2cc1C([2H])(C)C. The van der Waals surface area contributed by atoms with E-state index in [2.05, 4.69) is 32.9 Å². The average molecular weight is 308 g/mol. The summed E-state index contributed by atoms with van der Waals surface area (Å²) in [6.45, 7) is 9.68. The van der Waals surface area contributed by atoms with Crippen LogP contribution in [-0.4, -0.2) is 0 Å². The van der Waals surface area contributed by atoms with Crippen molar-refractivity contribution in [2.75, 3.05) is 0 Å². The molecule has 2 aromatic carbocycles. The predicted octanol–water partition coefficient (Wildman–Crippen LogP) is 5.38. The van der Waals surface area contributed by atoms with Crippen LogP contribution >= 0.6 is 0 Å². The predicted molar refractivity (Wildman–Crippen MR) is 98.9 cm³/mol. The molecule has 0 aliphatic rings. The topological polar surface area (TPSA) is 3.88 Å². The number of rotatable bonds is 2. The van der Waals surface area contributed by atoms with Crippen LogP contribution in [0.2, 0.25) is 0 Å². The first-order valence-electron chi connectivity index (χ1n) is 9.95. The standard InChI is InChI=1S/C22H26N/c1-14(2)18-7-8-20-19(13-18)9-10-23(6)22(20)21-12-15(3)11-16(4)17(21)5/h7-14H,1-6H3/q+1/i7D,9D,10D,14D. The quantitative estimate of drug-likeness (QED) is 0.560. The van der Waals surface area contributed by atoms with E-state index in [0.717, 1.165) is 27.8 Å². The van der Waals surface area contributed by atoms with Crippen molar-refractivity contribution in [1.82, 2.24) is 0 Å². The molecule has 1 nitrogen and oxygen atoms in total. The number of hydrogen-bond acceptors (Lipinski definition) is 0. The van der Waals surface area contributed by atoms with E-state index in [0.29, 0.717) is 17.0 Å². The molecule has 3 rings (SSSR count). The minimum atomic E-state index is -0.937. The third-order valence-electron chi connectivity index (χ3n) is 4.51. The van der Waals surface area contributed by atoms with Crippen molar-refractivity contribution in [3.63, 3.8) is 0 Å². The summed E-state index contributed by atoms with van der Waals surface area (Å²) in [7, 11) is 1.80. The molecule has 3 aromatic rings. The van der Waals surface area contributed by atoms with Crippen LogP contribution in [0.5, 0.6) is 0 Å². The molecule has 0 aliphatic heterocycles. The molecule has 1 heterocycles. The van der Waals surface area contributed by atoms with Crippen LogP contribution in [0.3, 0.4) is 0 Å². The van der Waals surface area contributed by atoms with Gasteiger partial charge in [0.25, 0.3) is 0 Å². The number of pyridine rings is 1. The molecule has 118 valence electrons. The van der Waals surface area contributed by atoms with Crippen LogP contribution in [0.25, 0.3) is 22.0 Å². The Morgan fingerprint density at radius 2 is 1.83 bits per heavy atom. The molecule has 0 fully saturated rings. The second kappa shape index (κ2) is 5.81. The summed E-state index contributed by atoms with van der Waals surface area (Å²) >= 11 is 0. The van der Waals surface area contributed by atoms with Gasteiger partial charge < -0.3 is 0 Å². The lowest BCUT2D eigenvalue weighted by Crippen LogP contribution is -2.30. The lowest BCUT2D eigenvalue weighted by atomic mass is 9.93. The maximum Gasteiger partial charge on any atom is 0.220 e. The summed E-state index contributed by atoms with van der Waals surface area (Å²) in [6, 6.07) is 8.17. The highest BCUT2D eigenvalue weighted by molar-refractivity contribution is 5.94. The highest BCUT2D eigenvalue weighted by Crippen LogP contribution is 2.31. The summed E-state index contributed by atoms with van der Waals surface area (Å²) in [5.74, 6) is -0.937. The summed E-state index contributed by atoms with van der Waals surface area (Å²) in [6.07, 6.45) is 0.127. The van der Waals surface area contributed by atoms with Crippen LogP contribution in [0, 0.1) is 20.8 Å². The Morgan fingerprint density at radius 3 is 2.52 bits per heavy atom. The molecule has 1 aromatic heterocycles. The van der Waals surface area contributed by atoms with E-state index in [1.165, 1.54) is 5.56 Å². The van der Waals surface area contributed by atoms with Gasteiger partial charge in [-0.25, -0.2) is 4.57 Å². The molecule has 1 heteroatoms. The molecule has 0 saturated heterocycles. The van der Waals surface area contributed by atoms with E-state index in [1.54, 1.807) is 37.6 Å². The zero-order valence-corrected chi connectivity index (χ0v) is 14.8. The molecule has 0 aliphatic carbocycles. The van der Waals surface area contributed by atoms with Crippen molar-refractivity contribution >= 4 is 10.8 Å². The number of hydrogen-bond donors (Lipinski definition) is 0. The highest BCUT2D eigenvalue weighted by atomic mass is 14.9. The summed E-state index contributed by atoms with van der Waals surface area (Å²) < 4.78 is 35.4. The number of fused-ring (bicyclic) bond motifs is 1. The summed E-state index contributed by atoms with van der Waals surface area (Å²) in [5, 5.41) is 1.41. The number of aryl methyl sites for hydroxylation is 2. The first-order chi connectivity index (χ1) is 12.4. The van der Waals surface area contributed by atoms with Crippen molar-refractivity contribution in [2.45, 2.75) is 40.5 Å². The highest BCUT2D eigenvalue weighted by Gasteiger charge is 2.18. The van der Waals surface area contributed by atoms with Gasteiger partial charge in [0.15, 0.2) is 6.17 Å². The molecule has 0 saturated carbocycles. The van der Waals surface area contributed by atoms with Crippen LogP contribution in [0.4, 0.5) is 0 Å². The molecule has 23 heavy (non-hydrogen) atoms. The van der Waals surface area contributed by atoms with Gasteiger partial charge in [0.05, 0.1) is 13.7 Å². The fraction of sp³-hybridized carbons (Fsp3) is 0.318. The summed E-state index contributed by atoms with van der Waals surface area (Å²) in [5.41, 5.74) is 5.88. The van der Waals surface area contributed by atoms with Crippen molar-refractivity contribution in [2.24, 2.45) is 7.05 Å². The van der Waals surface area contributed by atoms with E-state index < -0.39 is 5.89 Å². The average Bonchev–Trinajstić information content (AvgIpc) is 2.55. The lowest BCUT2D eigenvalue weighted by molar-refractivity contribution is -0.659. The monoisotopic (exact) mass is 308 g/mol. The Kier molecular flexibility index (Phi) is 2.88. The van der Waals surface area contributed by atoms with Crippen LogP contribution in [0.15, 0.2) is 42.5 Å². The maximum atomic E-state index is 8.47. The Bertz CT molecular complexity index is 1080. The lowest BCUT2D eigenvalue weighted by Gasteiger charge is -2.12. The normalized spacial score (nSPS) is 14.3. The van der Waals surface area contributed by atoms with Gasteiger partial charge in [-0.3, -0.25) is 0 Å². The second-order valence-corrected chi connectivity index (χ2v) is 6.57. The van der Waals surface area contributed by atoms with E-state index >= 15 is 0 Å². The van der Waals surface area contributed by atoms with Gasteiger partial charge in [-0.1, -0.05) is 37.6 Å². The van der Waals surface area contributed by atoms with Crippen molar-refractivity contribution in [3.05, 3.63) is 64.8 Å². The van der Waals surface area contributed by atoms with Crippen molar-refractivity contribution in [1.29, 1.82) is 0 Å². The third-order valence-corrected chi connectivity index (χ3v) is 4.51. The minimum absolute atomic E-state index is 0.127. The number of benzene rings is 2. The molecular formula is C22H26N+. The maximum absolute atomic E-state index is 8.47. The third kappa shape index (κ3) is 2.76. The van der Waals surface area contributed by atoms with E-state index in [-0.39, 0.29) is 12.2 Å². The van der Waals surface area contributed by atoms with Gasteiger partial charge in [0.1, 0.15) is 8.42 Å². The first kappa shape index (κ1) is 11.4. The fourth-order valence-electron chi connectivity index (χ4n) is 3.07. The van der Waals surface area contributed by atoms with Crippen molar-refractivity contribution < 1.29 is 10.1 Å². The van der Waals surface area contributed by atoms with E-state index in [9.17, 15) is 0 Å². The van der Waals surface area contributed by atoms with Gasteiger partial charge in [-0.15, -0.1) is 0 Å². The molecule has 0 spiro atoms. The molecule has 0 atom stereocenters. The van der Waals surface area contributed by atoms with Crippen molar-refractivity contribution in [3.8, 4) is 11.3 Å². The van der Waals surface area contributed by atoms with Gasteiger partial charge in [-0.2, -0.15) is 0 Å². The van der Waals surface area contributed by atoms with Gasteiger partial charge >= 0.3 is 0 Å². The smallest absolute Gasteiger partial charge is 0.200 e. The van der Waals surface area contributed by atoms with Crippen LogP contribution in [0.1, 0.15) is 47.5 Å². The van der Waals surface area contributed by atoms with E-state index in [1.807, 2.05) is 0 Å². The largest absolute Gasteiger partial charge is 0.220 e. The Morgan fingerprint density at radius 1 is 1.09 bits per heavy atom. The van der Waals surface area contributed by atoms with Gasteiger partial charge in [-0.05, 0) is 60.9 Å². The van der Waals surface area contributed by atoms with Crippen LogP contribution in [-0.2, 0) is 7.05 Å². The summed E-state index contributed by atoms with van der Waals surface area (Å²) in [4.78, 5) is 0. The molecule has 0 bridgehead atoms. The van der Waals surface area contributed by atoms with E-state index in [4.69, 9.17) is 5.48 Å². The molecule has 0 unspecified atom stereocenters. The molecule has 0 radical (unpaired) electrons. The number of aromatic nitrogens is 1. The minimum Gasteiger partial charge on any atom is -0.200 e. The Hall–Kier alpha value is -2.15. The van der Waals surface area contributed by atoms with Gasteiger partial charge in [0.2, 0.25) is 5.69 Å². The molecule has 0 amide bonds. The molecular weight excluding hydrogens is 278 g/mol.